The molecule has 0 spiro atoms. The first kappa shape index (κ1) is 23.8. The van der Waals surface area contributed by atoms with Gasteiger partial charge in [0.1, 0.15) is 11.9 Å². The number of amides is 2. The van der Waals surface area contributed by atoms with E-state index in [9.17, 15) is 9.59 Å². The first-order valence-electron chi connectivity index (χ1n) is 11.4. The number of morpholine rings is 1. The second kappa shape index (κ2) is 10.7. The molecular weight excluding hydrogens is 490 g/mol. The van der Waals surface area contributed by atoms with Gasteiger partial charge in [0, 0.05) is 55.5 Å². The van der Waals surface area contributed by atoms with Crippen molar-refractivity contribution in [3.63, 3.8) is 0 Å². The summed E-state index contributed by atoms with van der Waals surface area (Å²) in [5, 5.41) is 4.01. The first-order chi connectivity index (χ1) is 15.9. The van der Waals surface area contributed by atoms with Gasteiger partial charge in [-0.15, -0.1) is 0 Å². The second-order valence-corrected chi connectivity index (χ2v) is 9.80. The van der Waals surface area contributed by atoms with Crippen molar-refractivity contribution in [2.24, 2.45) is 5.92 Å². The summed E-state index contributed by atoms with van der Waals surface area (Å²) in [5.41, 5.74) is 0.755. The predicted octanol–water partition coefficient (Wildman–Crippen LogP) is 3.72. The Hall–Kier alpha value is -2.39. The molecule has 2 fully saturated rings. The van der Waals surface area contributed by atoms with Gasteiger partial charge in [-0.3, -0.25) is 9.59 Å². The number of carbonyl (C=O) groups is 2. The summed E-state index contributed by atoms with van der Waals surface area (Å²) in [6.07, 6.45) is 0.773. The molecule has 2 aliphatic rings. The van der Waals surface area contributed by atoms with Crippen molar-refractivity contribution in [1.82, 2.24) is 15.0 Å². The van der Waals surface area contributed by atoms with Crippen molar-refractivity contribution >= 4 is 27.7 Å². The fourth-order valence-electron chi connectivity index (χ4n) is 4.25. The largest absolute Gasteiger partial charge is 0.490 e. The number of carbonyl (C=O) groups excluding carboxylic acids is 2. The van der Waals surface area contributed by atoms with Gasteiger partial charge in [0.25, 0.3) is 5.91 Å². The zero-order valence-corrected chi connectivity index (χ0v) is 20.6. The molecule has 0 saturated carbocycles. The van der Waals surface area contributed by atoms with Gasteiger partial charge in [0.05, 0.1) is 18.9 Å². The van der Waals surface area contributed by atoms with E-state index in [4.69, 9.17) is 14.0 Å². The topological polar surface area (TPSA) is 85.1 Å². The predicted molar refractivity (Wildman–Crippen MR) is 125 cm³/mol. The molecule has 1 aromatic heterocycles. The SMILES string of the molecule is CC(C)c1cc(C(=O)N2CC[C@H](Oc3cccc(Br)c3)[C@@H](CC(=O)N3CCOCC3)C2)on1. The van der Waals surface area contributed by atoms with Crippen molar-refractivity contribution in [2.45, 2.75) is 38.7 Å². The molecule has 4 rings (SSSR count). The smallest absolute Gasteiger partial charge is 0.292 e. The minimum Gasteiger partial charge on any atom is -0.490 e. The highest BCUT2D eigenvalue weighted by molar-refractivity contribution is 9.10. The van der Waals surface area contributed by atoms with Crippen LogP contribution in [-0.2, 0) is 9.53 Å². The number of ether oxygens (including phenoxy) is 2. The summed E-state index contributed by atoms with van der Waals surface area (Å²) >= 11 is 3.48. The van der Waals surface area contributed by atoms with Crippen LogP contribution in [0.15, 0.2) is 39.3 Å². The number of halogens is 1. The Morgan fingerprint density at radius 1 is 1.18 bits per heavy atom. The Bertz CT molecular complexity index is 973. The van der Waals surface area contributed by atoms with Crippen LogP contribution in [-0.4, -0.2) is 72.3 Å². The second-order valence-electron chi connectivity index (χ2n) is 8.88. The van der Waals surface area contributed by atoms with E-state index in [0.29, 0.717) is 52.2 Å². The molecule has 2 aromatic rings. The Morgan fingerprint density at radius 2 is 1.97 bits per heavy atom. The van der Waals surface area contributed by atoms with Crippen LogP contribution in [0.4, 0.5) is 0 Å². The quantitative estimate of drug-likeness (QED) is 0.578. The van der Waals surface area contributed by atoms with Gasteiger partial charge in [0.15, 0.2) is 0 Å². The van der Waals surface area contributed by atoms with Crippen LogP contribution in [0.25, 0.3) is 0 Å². The normalized spacial score (nSPS) is 21.3. The van der Waals surface area contributed by atoms with Crippen molar-refractivity contribution in [3.05, 3.63) is 46.3 Å². The molecule has 33 heavy (non-hydrogen) atoms. The van der Waals surface area contributed by atoms with Gasteiger partial charge in [0.2, 0.25) is 11.7 Å². The Labute approximate surface area is 202 Å². The number of rotatable bonds is 6. The third-order valence-electron chi connectivity index (χ3n) is 6.17. The van der Waals surface area contributed by atoms with E-state index in [1.54, 1.807) is 11.0 Å². The summed E-state index contributed by atoms with van der Waals surface area (Å²) in [4.78, 5) is 29.7. The highest BCUT2D eigenvalue weighted by Crippen LogP contribution is 2.29. The van der Waals surface area contributed by atoms with E-state index >= 15 is 0 Å². The van der Waals surface area contributed by atoms with E-state index in [1.807, 2.05) is 43.0 Å². The average Bonchev–Trinajstić information content (AvgIpc) is 3.31. The number of aromatic nitrogens is 1. The maximum absolute atomic E-state index is 13.1. The number of piperidine rings is 1. The van der Waals surface area contributed by atoms with E-state index in [-0.39, 0.29) is 35.5 Å². The molecule has 0 N–H and O–H groups in total. The lowest BCUT2D eigenvalue weighted by Crippen LogP contribution is -2.50. The number of nitrogens with zero attached hydrogens (tertiary/aromatic N) is 3. The Balaban J connectivity index is 1.48. The maximum atomic E-state index is 13.1. The van der Waals surface area contributed by atoms with Gasteiger partial charge in [-0.25, -0.2) is 0 Å². The molecule has 0 aliphatic carbocycles. The maximum Gasteiger partial charge on any atom is 0.292 e. The van der Waals surface area contributed by atoms with Gasteiger partial charge < -0.3 is 23.8 Å². The van der Waals surface area contributed by atoms with Crippen molar-refractivity contribution < 1.29 is 23.6 Å². The first-order valence-corrected chi connectivity index (χ1v) is 12.2. The summed E-state index contributed by atoms with van der Waals surface area (Å²) in [6.45, 7) is 7.27. The number of benzene rings is 1. The molecule has 2 amide bonds. The van der Waals surface area contributed by atoms with Crippen molar-refractivity contribution in [2.75, 3.05) is 39.4 Å². The van der Waals surface area contributed by atoms with Gasteiger partial charge in [-0.05, 0) is 24.1 Å². The zero-order valence-electron chi connectivity index (χ0n) is 19.0. The van der Waals surface area contributed by atoms with Gasteiger partial charge in [-0.1, -0.05) is 41.0 Å². The molecule has 2 aliphatic heterocycles. The fourth-order valence-corrected chi connectivity index (χ4v) is 4.62. The molecular formula is C24H30BrN3O5. The lowest BCUT2D eigenvalue weighted by Gasteiger charge is -2.39. The summed E-state index contributed by atoms with van der Waals surface area (Å²) in [7, 11) is 0. The number of hydrogen-bond donors (Lipinski definition) is 0. The molecule has 2 atom stereocenters. The lowest BCUT2D eigenvalue weighted by atomic mass is 9.90. The molecule has 9 heteroatoms. The Kier molecular flexibility index (Phi) is 7.70. The molecule has 3 heterocycles. The van der Waals surface area contributed by atoms with E-state index in [2.05, 4.69) is 21.1 Å². The Morgan fingerprint density at radius 3 is 2.67 bits per heavy atom. The van der Waals surface area contributed by atoms with Gasteiger partial charge >= 0.3 is 0 Å². The van der Waals surface area contributed by atoms with Crippen LogP contribution >= 0.6 is 15.9 Å². The van der Waals surface area contributed by atoms with Crippen LogP contribution in [0, 0.1) is 5.92 Å². The molecule has 0 bridgehead atoms. The molecule has 2 saturated heterocycles. The average molecular weight is 520 g/mol. The van der Waals surface area contributed by atoms with E-state index in [1.165, 1.54) is 0 Å². The fraction of sp³-hybridized carbons (Fsp3) is 0.542. The van der Waals surface area contributed by atoms with E-state index in [0.717, 1.165) is 15.9 Å². The van der Waals surface area contributed by atoms with Crippen molar-refractivity contribution in [1.29, 1.82) is 0 Å². The molecule has 8 nitrogen and oxygen atoms in total. The van der Waals surface area contributed by atoms with Crippen molar-refractivity contribution in [3.8, 4) is 5.75 Å². The van der Waals surface area contributed by atoms with Crippen LogP contribution < -0.4 is 4.74 Å². The zero-order chi connectivity index (χ0) is 23.4. The van der Waals surface area contributed by atoms with E-state index < -0.39 is 0 Å². The van der Waals surface area contributed by atoms with Crippen LogP contribution in [0.5, 0.6) is 5.75 Å². The summed E-state index contributed by atoms with van der Waals surface area (Å²) < 4.78 is 17.9. The van der Waals surface area contributed by atoms with Crippen LogP contribution in [0.1, 0.15) is 48.9 Å². The number of hydrogen-bond acceptors (Lipinski definition) is 6. The highest BCUT2D eigenvalue weighted by atomic mass is 79.9. The minimum absolute atomic E-state index is 0.0715. The summed E-state index contributed by atoms with van der Waals surface area (Å²) in [5.74, 6) is 0.905. The standard InChI is InChI=1S/C24H30BrN3O5/c1-16(2)20-14-22(33-26-20)24(30)28-7-6-21(32-19-5-3-4-18(25)13-19)17(15-28)12-23(29)27-8-10-31-11-9-27/h3-5,13-14,16-17,21H,6-12,15H2,1-2H3/t17-,21-/m0/s1. The van der Waals surface area contributed by atoms with Crippen LogP contribution in [0.2, 0.25) is 0 Å². The molecule has 0 radical (unpaired) electrons. The molecule has 1 aromatic carbocycles. The monoisotopic (exact) mass is 519 g/mol. The minimum atomic E-state index is -0.195. The van der Waals surface area contributed by atoms with Gasteiger partial charge in [-0.2, -0.15) is 0 Å². The lowest BCUT2D eigenvalue weighted by molar-refractivity contribution is -0.137. The van der Waals surface area contributed by atoms with Crippen LogP contribution in [0.3, 0.4) is 0 Å². The number of likely N-dealkylation sites (tertiary alicyclic amines) is 1. The third-order valence-corrected chi connectivity index (χ3v) is 6.66. The third kappa shape index (κ3) is 5.95. The summed E-state index contributed by atoms with van der Waals surface area (Å²) in [6, 6.07) is 9.40. The molecule has 178 valence electrons. The molecule has 0 unspecified atom stereocenters. The highest BCUT2D eigenvalue weighted by Gasteiger charge is 2.36.